The molecule has 5 rings (SSSR count). The minimum Gasteiger partial charge on any atom is -0.462 e. The monoisotopic (exact) mass is 1100 g/mol. The van der Waals surface area contributed by atoms with Crippen LogP contribution in [-0.2, 0) is 18.9 Å². The van der Waals surface area contributed by atoms with Crippen molar-refractivity contribution in [2.45, 2.75) is 107 Å². The molecule has 0 saturated heterocycles. The quantitative estimate of drug-likeness (QED) is 0.0196. The van der Waals surface area contributed by atoms with Crippen molar-refractivity contribution in [2.75, 3.05) is 126 Å². The first-order valence-electron chi connectivity index (χ1n) is 29.0. The molecule has 0 aliphatic carbocycles. The molecule has 13 nitrogen and oxygen atoms in total. The number of anilines is 5. The van der Waals surface area contributed by atoms with Crippen molar-refractivity contribution in [3.63, 3.8) is 0 Å². The van der Waals surface area contributed by atoms with Crippen molar-refractivity contribution >= 4 is 52.1 Å². The third-order valence-corrected chi connectivity index (χ3v) is 13.4. The number of esters is 3. The summed E-state index contributed by atoms with van der Waals surface area (Å²) >= 11 is 0. The predicted molar refractivity (Wildman–Crippen MR) is 335 cm³/mol. The summed E-state index contributed by atoms with van der Waals surface area (Å²) in [7, 11) is 11.8. The number of benzene rings is 5. The van der Waals surface area contributed by atoms with E-state index >= 15 is 0 Å². The van der Waals surface area contributed by atoms with Crippen LogP contribution in [0, 0.1) is 11.8 Å². The van der Waals surface area contributed by atoms with Crippen LogP contribution in [-0.4, -0.2) is 125 Å². The van der Waals surface area contributed by atoms with Crippen LogP contribution < -0.4 is 24.5 Å². The summed E-state index contributed by atoms with van der Waals surface area (Å²) in [6.45, 7) is 25.6. The minimum absolute atomic E-state index is 0.0761. The molecule has 80 heavy (non-hydrogen) atoms. The Bertz CT molecular complexity index is 2390. The zero-order valence-corrected chi connectivity index (χ0v) is 51.5. The van der Waals surface area contributed by atoms with Gasteiger partial charge in [-0.1, -0.05) is 60.3 Å². The number of ether oxygens (including phenoxy) is 4. The summed E-state index contributed by atoms with van der Waals surface area (Å²) in [5.41, 5.74) is 8.81. The van der Waals surface area contributed by atoms with Gasteiger partial charge in [-0.25, -0.2) is 14.4 Å². The summed E-state index contributed by atoms with van der Waals surface area (Å²) in [5, 5.41) is 0. The maximum Gasteiger partial charge on any atom is 0.338 e. The molecule has 0 heterocycles. The Kier molecular flexibility index (Phi) is 34.2. The molecule has 0 spiro atoms. The third-order valence-electron chi connectivity index (χ3n) is 13.4. The second-order valence-electron chi connectivity index (χ2n) is 20.5. The SMILES string of the molecule is CC(C)CCOC(=O)c1ccc(N(C)C)cc1.CCCCC(CC)COC(=O)c1ccc(N(C)C)cc1.CCCCOCCOC(=O)c1ccc(N(C)C)cc1.CCN(CC)c1ccc(C(=O)c2ccc(N(CC)CC)cc2)cc1. The highest BCUT2D eigenvalue weighted by atomic mass is 16.6. The molecule has 0 bridgehead atoms. The van der Waals surface area contributed by atoms with Crippen LogP contribution in [0.1, 0.15) is 154 Å². The molecule has 1 unspecified atom stereocenters. The van der Waals surface area contributed by atoms with Crippen molar-refractivity contribution in [3.05, 3.63) is 149 Å². The fraction of sp³-hybridized carbons (Fsp3) is 0.493. The zero-order chi connectivity index (χ0) is 59.4. The van der Waals surface area contributed by atoms with E-state index in [1.807, 2.05) is 154 Å². The average molecular weight is 1100 g/mol. The van der Waals surface area contributed by atoms with Gasteiger partial charge in [0.1, 0.15) is 6.61 Å². The van der Waals surface area contributed by atoms with Gasteiger partial charge in [-0.3, -0.25) is 4.79 Å². The summed E-state index contributed by atoms with van der Waals surface area (Å²) < 4.78 is 21.1. The van der Waals surface area contributed by atoms with E-state index in [1.54, 1.807) is 24.3 Å². The second-order valence-corrected chi connectivity index (χ2v) is 20.5. The van der Waals surface area contributed by atoms with E-state index in [0.29, 0.717) is 55.0 Å². The van der Waals surface area contributed by atoms with E-state index in [4.69, 9.17) is 18.9 Å². The van der Waals surface area contributed by atoms with Gasteiger partial charge in [0, 0.05) is 115 Å². The molecule has 0 radical (unpaired) electrons. The molecule has 1 atom stereocenters. The molecular weight excluding hydrogens is 1000 g/mol. The number of carbonyl (C=O) groups excluding carboxylic acids is 4. The molecular formula is C67H99N5O8. The van der Waals surface area contributed by atoms with E-state index in [1.165, 1.54) is 12.8 Å². The Morgan fingerprint density at radius 3 is 1.05 bits per heavy atom. The number of rotatable bonds is 29. The largest absolute Gasteiger partial charge is 0.462 e. The first-order chi connectivity index (χ1) is 38.4. The van der Waals surface area contributed by atoms with E-state index < -0.39 is 0 Å². The number of ketones is 1. The molecule has 13 heteroatoms. The molecule has 0 fully saturated rings. The van der Waals surface area contributed by atoms with E-state index in [-0.39, 0.29) is 23.7 Å². The summed E-state index contributed by atoms with van der Waals surface area (Å²) in [5.74, 6) is 0.358. The van der Waals surface area contributed by atoms with Crippen molar-refractivity contribution in [1.82, 2.24) is 0 Å². The summed E-state index contributed by atoms with van der Waals surface area (Å²) in [6.07, 6.45) is 7.65. The van der Waals surface area contributed by atoms with Crippen LogP contribution in [0.4, 0.5) is 28.4 Å². The van der Waals surface area contributed by atoms with Gasteiger partial charge >= 0.3 is 17.9 Å². The topological polar surface area (TPSA) is 121 Å². The lowest BCUT2D eigenvalue weighted by molar-refractivity contribution is 0.0313. The lowest BCUT2D eigenvalue weighted by atomic mass is 10.0. The summed E-state index contributed by atoms with van der Waals surface area (Å²) in [6, 6.07) is 38.1. The van der Waals surface area contributed by atoms with Crippen LogP contribution >= 0.6 is 0 Å². The molecule has 5 aromatic carbocycles. The molecule has 0 N–H and O–H groups in total. The minimum atomic E-state index is -0.301. The Morgan fingerprint density at radius 2 is 0.725 bits per heavy atom. The van der Waals surface area contributed by atoms with Crippen molar-refractivity contribution in [1.29, 1.82) is 0 Å². The summed E-state index contributed by atoms with van der Waals surface area (Å²) in [4.78, 5) is 58.6. The van der Waals surface area contributed by atoms with Crippen molar-refractivity contribution in [3.8, 4) is 0 Å². The number of carbonyl (C=O) groups is 4. The maximum atomic E-state index is 12.7. The molecule has 0 amide bonds. The highest BCUT2D eigenvalue weighted by Crippen LogP contribution is 2.21. The van der Waals surface area contributed by atoms with Gasteiger partial charge in [0.25, 0.3) is 0 Å². The molecule has 440 valence electrons. The Morgan fingerprint density at radius 1 is 0.388 bits per heavy atom. The van der Waals surface area contributed by atoms with E-state index in [0.717, 1.165) is 104 Å². The fourth-order valence-corrected chi connectivity index (χ4v) is 7.95. The standard InChI is InChI=1S/C21H28N2O.C17H27NO2.C15H23NO3.C14H21NO2/c1-5-22(6-2)19-13-9-17(10-14-19)21(24)18-11-15-20(16-12-18)23(7-3)8-4;1-5-7-8-14(6-2)13-20-17(19)15-9-11-16(12-10-15)18(3)4;1-4-5-10-18-11-12-19-15(17)13-6-8-14(9-7-13)16(2)3;1-11(2)9-10-17-14(16)12-5-7-13(8-6-12)15(3)4/h9-16H,5-8H2,1-4H3;9-12,14H,5-8,13H2,1-4H3;6-9H,4-5,10-12H2,1-3H3;5-8,11H,9-10H2,1-4H3. The van der Waals surface area contributed by atoms with E-state index in [9.17, 15) is 19.2 Å². The van der Waals surface area contributed by atoms with Crippen LogP contribution in [0.3, 0.4) is 0 Å². The average Bonchev–Trinajstić information content (AvgIpc) is 3.49. The first kappa shape index (κ1) is 69.2. The number of nitrogens with zero attached hydrogens (tertiary/aromatic N) is 5. The van der Waals surface area contributed by atoms with Crippen molar-refractivity contribution in [2.24, 2.45) is 11.8 Å². The van der Waals surface area contributed by atoms with Crippen LogP contribution in [0.15, 0.2) is 121 Å². The molecule has 0 aromatic heterocycles. The smallest absolute Gasteiger partial charge is 0.338 e. The zero-order valence-electron chi connectivity index (χ0n) is 51.5. The highest BCUT2D eigenvalue weighted by Gasteiger charge is 2.14. The van der Waals surface area contributed by atoms with Crippen LogP contribution in [0.25, 0.3) is 0 Å². The number of hydrogen-bond donors (Lipinski definition) is 0. The lowest BCUT2D eigenvalue weighted by Crippen LogP contribution is -2.22. The normalized spacial score (nSPS) is 10.8. The van der Waals surface area contributed by atoms with Gasteiger partial charge in [-0.2, -0.15) is 0 Å². The Balaban J connectivity index is 0.000000367. The van der Waals surface area contributed by atoms with Gasteiger partial charge in [0.15, 0.2) is 5.78 Å². The first-order valence-corrected chi connectivity index (χ1v) is 29.0. The molecule has 0 aliphatic rings. The van der Waals surface area contributed by atoms with Crippen LogP contribution in [0.2, 0.25) is 0 Å². The fourth-order valence-electron chi connectivity index (χ4n) is 7.95. The predicted octanol–water partition coefficient (Wildman–Crippen LogP) is 14.4. The Labute approximate surface area is 482 Å². The van der Waals surface area contributed by atoms with Gasteiger partial charge in [0.05, 0.1) is 36.5 Å². The van der Waals surface area contributed by atoms with E-state index in [2.05, 4.69) is 72.1 Å². The Hall–Kier alpha value is -6.86. The van der Waals surface area contributed by atoms with Crippen molar-refractivity contribution < 1.29 is 38.1 Å². The van der Waals surface area contributed by atoms with Crippen LogP contribution in [0.5, 0.6) is 0 Å². The van der Waals surface area contributed by atoms with Gasteiger partial charge in [-0.15, -0.1) is 0 Å². The molecule has 0 saturated carbocycles. The lowest BCUT2D eigenvalue weighted by Gasteiger charge is -2.21. The van der Waals surface area contributed by atoms with Gasteiger partial charge in [0.2, 0.25) is 0 Å². The highest BCUT2D eigenvalue weighted by molar-refractivity contribution is 6.09. The molecule has 5 aromatic rings. The second kappa shape index (κ2) is 39.5. The third kappa shape index (κ3) is 25.9. The number of hydrogen-bond acceptors (Lipinski definition) is 13. The molecule has 0 aliphatic heterocycles. The van der Waals surface area contributed by atoms with Gasteiger partial charge < -0.3 is 43.4 Å². The number of unbranched alkanes of at least 4 members (excludes halogenated alkanes) is 2. The maximum absolute atomic E-state index is 12.7. The van der Waals surface area contributed by atoms with Gasteiger partial charge in [-0.05, 0) is 180 Å².